The van der Waals surface area contributed by atoms with Gasteiger partial charge in [0, 0.05) is 14.9 Å². The molecule has 1 N–H and O–H groups in total. The first kappa shape index (κ1) is 13.3. The Kier molecular flexibility index (Phi) is 4.19. The highest BCUT2D eigenvalue weighted by Gasteiger charge is 2.10. The second-order valence-electron chi connectivity index (χ2n) is 4.19. The third-order valence-corrected chi connectivity index (χ3v) is 4.66. The first-order chi connectivity index (χ1) is 8.58. The molecule has 0 bridgehead atoms. The maximum absolute atomic E-state index is 12.1. The van der Waals surface area contributed by atoms with Crippen molar-refractivity contribution in [3.63, 3.8) is 0 Å². The summed E-state index contributed by atoms with van der Waals surface area (Å²) < 4.78 is 1.05. The van der Waals surface area contributed by atoms with Crippen LogP contribution >= 0.6 is 27.3 Å². The number of nitrogens with one attached hydrogen (secondary N) is 1. The van der Waals surface area contributed by atoms with Gasteiger partial charge in [0.2, 0.25) is 0 Å². The number of rotatable bonds is 3. The Morgan fingerprint density at radius 3 is 2.78 bits per heavy atom. The molecule has 94 valence electrons. The molecule has 1 aromatic heterocycles. The lowest BCUT2D eigenvalue weighted by Gasteiger charge is -2.08. The van der Waals surface area contributed by atoms with Crippen molar-refractivity contribution >= 4 is 33.2 Å². The Morgan fingerprint density at radius 2 is 2.11 bits per heavy atom. The van der Waals surface area contributed by atoms with Crippen molar-refractivity contribution in [2.45, 2.75) is 20.4 Å². The maximum atomic E-state index is 12.1. The van der Waals surface area contributed by atoms with E-state index in [9.17, 15) is 4.79 Å². The van der Waals surface area contributed by atoms with E-state index in [0.29, 0.717) is 6.54 Å². The second-order valence-corrected chi connectivity index (χ2v) is 6.05. The van der Waals surface area contributed by atoms with Gasteiger partial charge in [-0.3, -0.25) is 4.79 Å². The van der Waals surface area contributed by atoms with E-state index < -0.39 is 0 Å². The first-order valence-electron chi connectivity index (χ1n) is 5.65. The Labute approximate surface area is 119 Å². The van der Waals surface area contributed by atoms with Crippen molar-refractivity contribution in [3.8, 4) is 0 Å². The van der Waals surface area contributed by atoms with E-state index in [1.807, 2.05) is 43.5 Å². The maximum Gasteiger partial charge on any atom is 0.251 e. The number of thiophene rings is 1. The Balaban J connectivity index is 2.08. The van der Waals surface area contributed by atoms with Gasteiger partial charge in [0.25, 0.3) is 5.91 Å². The zero-order valence-electron chi connectivity index (χ0n) is 10.3. The molecule has 0 saturated heterocycles. The summed E-state index contributed by atoms with van der Waals surface area (Å²) in [7, 11) is 0. The van der Waals surface area contributed by atoms with Gasteiger partial charge in [-0.05, 0) is 52.9 Å². The van der Waals surface area contributed by atoms with Gasteiger partial charge >= 0.3 is 0 Å². The predicted molar refractivity (Wildman–Crippen MR) is 79.1 cm³/mol. The second kappa shape index (κ2) is 5.67. The average Bonchev–Trinajstić information content (AvgIpc) is 2.75. The molecular formula is C14H14BrNOS. The van der Waals surface area contributed by atoms with Crippen LogP contribution < -0.4 is 5.32 Å². The van der Waals surface area contributed by atoms with Gasteiger partial charge < -0.3 is 5.32 Å². The summed E-state index contributed by atoms with van der Waals surface area (Å²) in [5.74, 6) is -0.0171. The lowest BCUT2D eigenvalue weighted by atomic mass is 10.1. The van der Waals surface area contributed by atoms with Gasteiger partial charge in [-0.15, -0.1) is 11.3 Å². The van der Waals surface area contributed by atoms with Crippen LogP contribution in [0.5, 0.6) is 0 Å². The molecule has 0 saturated carbocycles. The van der Waals surface area contributed by atoms with Crippen LogP contribution in [0.15, 0.2) is 34.1 Å². The normalized spacial score (nSPS) is 10.4. The van der Waals surface area contributed by atoms with E-state index in [1.54, 1.807) is 11.3 Å². The summed E-state index contributed by atoms with van der Waals surface area (Å²) in [6, 6.07) is 7.91. The summed E-state index contributed by atoms with van der Waals surface area (Å²) in [5.41, 5.74) is 2.86. The fraction of sp³-hybridized carbons (Fsp3) is 0.214. The largest absolute Gasteiger partial charge is 0.347 e. The van der Waals surface area contributed by atoms with Crippen LogP contribution in [0, 0.1) is 13.8 Å². The van der Waals surface area contributed by atoms with Crippen LogP contribution in [0.3, 0.4) is 0 Å². The topological polar surface area (TPSA) is 29.1 Å². The molecule has 0 fully saturated rings. The number of hydrogen-bond acceptors (Lipinski definition) is 2. The highest BCUT2D eigenvalue weighted by atomic mass is 79.9. The molecule has 2 aromatic rings. The lowest BCUT2D eigenvalue weighted by Crippen LogP contribution is -2.23. The van der Waals surface area contributed by atoms with E-state index in [4.69, 9.17) is 0 Å². The molecule has 0 aliphatic carbocycles. The van der Waals surface area contributed by atoms with Gasteiger partial charge in [-0.2, -0.15) is 0 Å². The molecule has 4 heteroatoms. The van der Waals surface area contributed by atoms with Gasteiger partial charge in [-0.25, -0.2) is 0 Å². The Bertz CT molecular complexity index is 577. The minimum absolute atomic E-state index is 0.0171. The third kappa shape index (κ3) is 3.00. The third-order valence-electron chi connectivity index (χ3n) is 2.74. The summed E-state index contributed by atoms with van der Waals surface area (Å²) in [4.78, 5) is 13.2. The van der Waals surface area contributed by atoms with Gasteiger partial charge in [0.15, 0.2) is 0 Å². The molecule has 0 aliphatic rings. The summed E-state index contributed by atoms with van der Waals surface area (Å²) in [5, 5.41) is 4.96. The summed E-state index contributed by atoms with van der Waals surface area (Å²) >= 11 is 5.09. The highest BCUT2D eigenvalue weighted by molar-refractivity contribution is 9.10. The fourth-order valence-electron chi connectivity index (χ4n) is 1.69. The Hall–Kier alpha value is -1.13. The number of amides is 1. The van der Waals surface area contributed by atoms with Crippen LogP contribution in [0.25, 0.3) is 0 Å². The number of hydrogen-bond donors (Lipinski definition) is 1. The minimum atomic E-state index is -0.0171. The average molecular weight is 324 g/mol. The highest BCUT2D eigenvalue weighted by Crippen LogP contribution is 2.22. The van der Waals surface area contributed by atoms with Gasteiger partial charge in [-0.1, -0.05) is 17.7 Å². The van der Waals surface area contributed by atoms with Crippen molar-refractivity contribution in [2.75, 3.05) is 0 Å². The summed E-state index contributed by atoms with van der Waals surface area (Å²) in [6.07, 6.45) is 0. The van der Waals surface area contributed by atoms with E-state index in [-0.39, 0.29) is 5.91 Å². The van der Waals surface area contributed by atoms with E-state index in [0.717, 1.165) is 26.0 Å². The minimum Gasteiger partial charge on any atom is -0.347 e. The zero-order valence-corrected chi connectivity index (χ0v) is 12.7. The zero-order chi connectivity index (χ0) is 13.1. The van der Waals surface area contributed by atoms with Crippen molar-refractivity contribution in [3.05, 3.63) is 55.7 Å². The van der Waals surface area contributed by atoms with Crippen LogP contribution in [0.1, 0.15) is 26.4 Å². The van der Waals surface area contributed by atoms with Crippen molar-refractivity contribution in [1.29, 1.82) is 0 Å². The van der Waals surface area contributed by atoms with E-state index in [1.165, 1.54) is 0 Å². The molecule has 0 radical (unpaired) electrons. The van der Waals surface area contributed by atoms with Crippen molar-refractivity contribution in [1.82, 2.24) is 5.32 Å². The number of halogens is 1. The molecular weight excluding hydrogens is 310 g/mol. The standard InChI is InChI=1S/C14H14BrNOS/c1-9-3-4-10(2)11(7-9)14(17)16-8-13-12(15)5-6-18-13/h3-7H,8H2,1-2H3,(H,16,17). The fourth-order valence-corrected chi connectivity index (χ4v) is 3.12. The van der Waals surface area contributed by atoms with Crippen LogP contribution in [-0.2, 0) is 6.54 Å². The molecule has 2 rings (SSSR count). The monoisotopic (exact) mass is 323 g/mol. The number of benzene rings is 1. The van der Waals surface area contributed by atoms with Gasteiger partial charge in [0.1, 0.15) is 0 Å². The van der Waals surface area contributed by atoms with Crippen molar-refractivity contribution < 1.29 is 4.79 Å². The first-order valence-corrected chi connectivity index (χ1v) is 7.32. The molecule has 0 atom stereocenters. The van der Waals surface area contributed by atoms with E-state index >= 15 is 0 Å². The number of carbonyl (C=O) groups is 1. The molecule has 0 unspecified atom stereocenters. The quantitative estimate of drug-likeness (QED) is 0.906. The van der Waals surface area contributed by atoms with E-state index in [2.05, 4.69) is 21.2 Å². The Morgan fingerprint density at radius 1 is 1.33 bits per heavy atom. The predicted octanol–water partition coefficient (Wildman–Crippen LogP) is 4.06. The molecule has 1 amide bonds. The van der Waals surface area contributed by atoms with Crippen LogP contribution in [0.4, 0.5) is 0 Å². The molecule has 0 aliphatic heterocycles. The SMILES string of the molecule is Cc1ccc(C)c(C(=O)NCc2sccc2Br)c1. The number of carbonyl (C=O) groups excluding carboxylic acids is 1. The number of aryl methyl sites for hydroxylation is 2. The smallest absolute Gasteiger partial charge is 0.251 e. The summed E-state index contributed by atoms with van der Waals surface area (Å²) in [6.45, 7) is 4.51. The molecule has 1 heterocycles. The molecule has 2 nitrogen and oxygen atoms in total. The molecule has 18 heavy (non-hydrogen) atoms. The molecule has 0 spiro atoms. The lowest BCUT2D eigenvalue weighted by molar-refractivity contribution is 0.0950. The van der Waals surface area contributed by atoms with Crippen molar-refractivity contribution in [2.24, 2.45) is 0 Å². The van der Waals surface area contributed by atoms with Crippen LogP contribution in [-0.4, -0.2) is 5.91 Å². The van der Waals surface area contributed by atoms with Crippen LogP contribution in [0.2, 0.25) is 0 Å². The van der Waals surface area contributed by atoms with Gasteiger partial charge in [0.05, 0.1) is 6.54 Å². The molecule has 1 aromatic carbocycles.